The van der Waals surface area contributed by atoms with E-state index in [1.807, 2.05) is 18.6 Å². The molecule has 1 aliphatic rings. The standard InChI is InChI=1S/C16H22N4S.3C2HF3O2/c1-19(2)14-5-9-20(12-16-18-8-10-21-16)15(14)11-13-3-6-17-7-4-13;3*3-2(4,5)1(6)7/h3-4,6-8,10,14-15H,5,9,11-12H2,1-2H3;3*(H,6,7)/t14-,15+;;;/m1.../s1. The van der Waals surface area contributed by atoms with Crippen LogP contribution in [0.1, 0.15) is 17.0 Å². The molecule has 238 valence electrons. The molecular formula is C22H25F9N4O6S. The number of rotatable bonds is 5. The molecule has 1 saturated heterocycles. The second kappa shape index (κ2) is 16.8. The van der Waals surface area contributed by atoms with E-state index in [0.717, 1.165) is 19.5 Å². The Labute approximate surface area is 236 Å². The molecule has 2 atom stereocenters. The van der Waals surface area contributed by atoms with Gasteiger partial charge in [0.05, 0.1) is 6.54 Å². The van der Waals surface area contributed by atoms with Gasteiger partial charge in [0.15, 0.2) is 0 Å². The third-order valence-electron chi connectivity index (χ3n) is 5.03. The van der Waals surface area contributed by atoms with Gasteiger partial charge in [0.2, 0.25) is 0 Å². The number of carboxylic acids is 3. The summed E-state index contributed by atoms with van der Waals surface area (Å²) in [5.41, 5.74) is 1.37. The van der Waals surface area contributed by atoms with Gasteiger partial charge in [-0.15, -0.1) is 11.3 Å². The van der Waals surface area contributed by atoms with Crippen molar-refractivity contribution in [2.24, 2.45) is 0 Å². The van der Waals surface area contributed by atoms with Crippen molar-refractivity contribution in [2.75, 3.05) is 20.6 Å². The van der Waals surface area contributed by atoms with Crippen LogP contribution in [0.25, 0.3) is 0 Å². The molecule has 2 aromatic rings. The number of carboxylic acid groups (broad SMARTS) is 3. The van der Waals surface area contributed by atoms with E-state index in [9.17, 15) is 39.5 Å². The second-order valence-corrected chi connectivity index (χ2v) is 9.23. The van der Waals surface area contributed by atoms with E-state index in [4.69, 9.17) is 29.7 Å². The lowest BCUT2D eigenvalue weighted by atomic mass is 10.00. The number of aliphatic carboxylic acids is 3. The Bertz CT molecular complexity index is 1040. The van der Waals surface area contributed by atoms with Crippen LogP contribution in [0.4, 0.5) is 39.5 Å². The van der Waals surface area contributed by atoms with Crippen molar-refractivity contribution in [3.63, 3.8) is 0 Å². The number of thiazole rings is 1. The minimum absolute atomic E-state index is 0.548. The predicted octanol–water partition coefficient (Wildman–Crippen LogP) is 4.19. The normalized spacial score (nSPS) is 17.1. The molecule has 0 radical (unpaired) electrons. The summed E-state index contributed by atoms with van der Waals surface area (Å²) in [5.74, 6) is -8.27. The highest BCUT2D eigenvalue weighted by Crippen LogP contribution is 2.27. The zero-order valence-corrected chi connectivity index (χ0v) is 22.4. The van der Waals surface area contributed by atoms with Crippen LogP contribution in [0, 0.1) is 0 Å². The van der Waals surface area contributed by atoms with Gasteiger partial charge in [-0.3, -0.25) is 9.88 Å². The largest absolute Gasteiger partial charge is 0.490 e. The first-order valence-corrected chi connectivity index (χ1v) is 12.0. The molecule has 1 aliphatic heterocycles. The van der Waals surface area contributed by atoms with Crippen LogP contribution in [-0.4, -0.2) is 104 Å². The Morgan fingerprint density at radius 2 is 1.31 bits per heavy atom. The first kappa shape index (κ1) is 38.5. The van der Waals surface area contributed by atoms with Gasteiger partial charge in [-0.1, -0.05) is 0 Å². The van der Waals surface area contributed by atoms with Gasteiger partial charge >= 0.3 is 36.4 Å². The molecule has 3 N–H and O–H groups in total. The zero-order chi connectivity index (χ0) is 32.9. The van der Waals surface area contributed by atoms with Crippen LogP contribution >= 0.6 is 11.3 Å². The van der Waals surface area contributed by atoms with Gasteiger partial charge in [0.1, 0.15) is 5.01 Å². The molecule has 0 aromatic carbocycles. The Kier molecular flexibility index (Phi) is 15.4. The lowest BCUT2D eigenvalue weighted by Gasteiger charge is -2.31. The number of alkyl halides is 9. The third-order valence-corrected chi connectivity index (χ3v) is 5.80. The summed E-state index contributed by atoms with van der Waals surface area (Å²) in [7, 11) is 4.38. The zero-order valence-electron chi connectivity index (χ0n) is 21.6. The van der Waals surface area contributed by atoms with Gasteiger partial charge in [-0.2, -0.15) is 39.5 Å². The minimum Gasteiger partial charge on any atom is -0.475 e. The topological polar surface area (TPSA) is 144 Å². The highest BCUT2D eigenvalue weighted by Gasteiger charge is 2.39. The lowest BCUT2D eigenvalue weighted by molar-refractivity contribution is -0.193. The Morgan fingerprint density at radius 1 is 0.881 bits per heavy atom. The van der Waals surface area contributed by atoms with Crippen molar-refractivity contribution >= 4 is 29.2 Å². The van der Waals surface area contributed by atoms with Crippen molar-refractivity contribution < 1.29 is 69.2 Å². The van der Waals surface area contributed by atoms with Gasteiger partial charge < -0.3 is 20.2 Å². The Balaban J connectivity index is 0.000000660. The number of halogens is 9. The molecule has 0 aliphatic carbocycles. The van der Waals surface area contributed by atoms with E-state index in [0.29, 0.717) is 12.1 Å². The number of likely N-dealkylation sites (tertiary alicyclic amines) is 1. The number of nitrogens with zero attached hydrogens (tertiary/aromatic N) is 4. The predicted molar refractivity (Wildman–Crippen MR) is 127 cm³/mol. The van der Waals surface area contributed by atoms with Gasteiger partial charge in [-0.25, -0.2) is 19.4 Å². The SMILES string of the molecule is CN(C)[C@@H]1CCN(Cc2nccs2)[C@H]1Cc1ccncc1.O=C(O)C(F)(F)F.O=C(O)C(F)(F)F.O=C(O)C(F)(F)F. The van der Waals surface area contributed by atoms with E-state index in [2.05, 4.69) is 51.4 Å². The van der Waals surface area contributed by atoms with E-state index in [1.54, 1.807) is 11.3 Å². The first-order valence-electron chi connectivity index (χ1n) is 11.1. The summed E-state index contributed by atoms with van der Waals surface area (Å²) in [6.07, 6.45) is -7.26. The van der Waals surface area contributed by atoms with Crippen LogP contribution in [0.2, 0.25) is 0 Å². The van der Waals surface area contributed by atoms with Crippen LogP contribution in [0.5, 0.6) is 0 Å². The summed E-state index contributed by atoms with van der Waals surface area (Å²) < 4.78 is 95.2. The van der Waals surface area contributed by atoms with Gasteiger partial charge in [0.25, 0.3) is 0 Å². The molecule has 3 heterocycles. The van der Waals surface area contributed by atoms with E-state index >= 15 is 0 Å². The molecule has 0 saturated carbocycles. The number of aromatic nitrogens is 2. The molecule has 0 bridgehead atoms. The monoisotopic (exact) mass is 644 g/mol. The lowest BCUT2D eigenvalue weighted by Crippen LogP contribution is -2.43. The minimum atomic E-state index is -5.08. The number of hydrogen-bond acceptors (Lipinski definition) is 8. The van der Waals surface area contributed by atoms with E-state index < -0.39 is 36.4 Å². The summed E-state index contributed by atoms with van der Waals surface area (Å²) >= 11 is 1.75. The average Bonchev–Trinajstić information content (AvgIpc) is 3.50. The summed E-state index contributed by atoms with van der Waals surface area (Å²) in [4.78, 5) is 40.2. The fourth-order valence-electron chi connectivity index (χ4n) is 3.23. The van der Waals surface area contributed by atoms with Crippen LogP contribution in [-0.2, 0) is 27.3 Å². The molecule has 3 rings (SSSR count). The summed E-state index contributed by atoms with van der Waals surface area (Å²) in [6, 6.07) is 5.42. The summed E-state index contributed by atoms with van der Waals surface area (Å²) in [5, 5.41) is 24.7. The van der Waals surface area contributed by atoms with Crippen LogP contribution < -0.4 is 0 Å². The fourth-order valence-corrected chi connectivity index (χ4v) is 3.87. The molecule has 10 nitrogen and oxygen atoms in total. The third kappa shape index (κ3) is 15.5. The molecular weight excluding hydrogens is 619 g/mol. The van der Waals surface area contributed by atoms with Crippen LogP contribution in [0.3, 0.4) is 0 Å². The molecule has 2 aromatic heterocycles. The molecule has 0 amide bonds. The quantitative estimate of drug-likeness (QED) is 0.406. The number of likely N-dealkylation sites (N-methyl/N-ethyl adjacent to an activating group) is 1. The molecule has 1 fully saturated rings. The van der Waals surface area contributed by atoms with Gasteiger partial charge in [0, 0.05) is 42.6 Å². The number of hydrogen-bond donors (Lipinski definition) is 3. The Hall–Kier alpha value is -3.52. The summed E-state index contributed by atoms with van der Waals surface area (Å²) in [6.45, 7) is 2.12. The van der Waals surface area contributed by atoms with Crippen molar-refractivity contribution in [2.45, 2.75) is 50.0 Å². The molecule has 20 heteroatoms. The van der Waals surface area contributed by atoms with Crippen molar-refractivity contribution in [3.05, 3.63) is 46.7 Å². The smallest absolute Gasteiger partial charge is 0.475 e. The highest BCUT2D eigenvalue weighted by molar-refractivity contribution is 7.09. The molecule has 42 heavy (non-hydrogen) atoms. The number of pyridine rings is 1. The van der Waals surface area contributed by atoms with Crippen molar-refractivity contribution in [1.82, 2.24) is 19.8 Å². The average molecular weight is 645 g/mol. The van der Waals surface area contributed by atoms with Crippen molar-refractivity contribution in [1.29, 1.82) is 0 Å². The molecule has 0 unspecified atom stereocenters. The first-order chi connectivity index (χ1) is 19.1. The molecule has 0 spiro atoms. The second-order valence-electron chi connectivity index (χ2n) is 8.25. The maximum absolute atomic E-state index is 10.6. The van der Waals surface area contributed by atoms with E-state index in [-0.39, 0.29) is 0 Å². The van der Waals surface area contributed by atoms with Crippen molar-refractivity contribution in [3.8, 4) is 0 Å². The van der Waals surface area contributed by atoms with Crippen LogP contribution in [0.15, 0.2) is 36.1 Å². The fraction of sp³-hybridized carbons (Fsp3) is 0.500. The Morgan fingerprint density at radius 3 is 1.64 bits per heavy atom. The van der Waals surface area contributed by atoms with E-state index in [1.165, 1.54) is 17.0 Å². The maximum atomic E-state index is 10.6. The van der Waals surface area contributed by atoms with Gasteiger partial charge in [-0.05, 0) is 44.6 Å². The maximum Gasteiger partial charge on any atom is 0.490 e. The highest BCUT2D eigenvalue weighted by atomic mass is 32.1. The number of carbonyl (C=O) groups is 3.